The number of hydrogen-bond donors (Lipinski definition) is 1. The van der Waals surface area contributed by atoms with Crippen molar-refractivity contribution in [3.8, 4) is 5.75 Å². The van der Waals surface area contributed by atoms with Gasteiger partial charge in [-0.1, -0.05) is 23.7 Å². The Hall–Kier alpha value is -2.46. The largest absolute Gasteiger partial charge is 0.433 e. The topological polar surface area (TPSA) is 98.5 Å². The van der Waals surface area contributed by atoms with Crippen LogP contribution in [0.5, 0.6) is 5.75 Å². The highest BCUT2D eigenvalue weighted by molar-refractivity contribution is 7.93. The van der Waals surface area contributed by atoms with Crippen LogP contribution in [0.1, 0.15) is 5.56 Å². The zero-order valence-electron chi connectivity index (χ0n) is 12.6. The van der Waals surface area contributed by atoms with E-state index >= 15 is 0 Å². The monoisotopic (exact) mass is 392 g/mol. The van der Waals surface area contributed by atoms with Gasteiger partial charge in [0.1, 0.15) is 5.75 Å². The van der Waals surface area contributed by atoms with Gasteiger partial charge in [-0.2, -0.15) is 8.78 Å². The number of anilines is 1. The van der Waals surface area contributed by atoms with E-state index in [4.69, 9.17) is 11.6 Å². The third-order valence-electron chi connectivity index (χ3n) is 3.06. The lowest BCUT2D eigenvalue weighted by Crippen LogP contribution is -2.16. The number of nitrogens with one attached hydrogen (secondary N) is 1. The highest BCUT2D eigenvalue weighted by Gasteiger charge is 2.28. The maximum atomic E-state index is 12.5. The first-order chi connectivity index (χ1) is 11.6. The van der Waals surface area contributed by atoms with Gasteiger partial charge in [0.2, 0.25) is 0 Å². The molecule has 0 aromatic heterocycles. The molecule has 7 nitrogen and oxygen atoms in total. The number of hydrogen-bond acceptors (Lipinski definition) is 5. The minimum absolute atomic E-state index is 0.0656. The normalized spacial score (nSPS) is 11.4. The molecule has 0 spiro atoms. The molecule has 0 bridgehead atoms. The Morgan fingerprint density at radius 2 is 1.96 bits per heavy atom. The first-order valence-electron chi connectivity index (χ1n) is 6.63. The third-order valence-corrected chi connectivity index (χ3v) is 4.93. The molecule has 11 heteroatoms. The van der Waals surface area contributed by atoms with Crippen molar-refractivity contribution < 1.29 is 26.9 Å². The summed E-state index contributed by atoms with van der Waals surface area (Å²) in [6.07, 6.45) is 0. The van der Waals surface area contributed by atoms with Crippen LogP contribution in [-0.4, -0.2) is 20.0 Å². The second-order valence-corrected chi connectivity index (χ2v) is 6.84. The Kier molecular flexibility index (Phi) is 5.43. The van der Waals surface area contributed by atoms with Crippen LogP contribution in [0, 0.1) is 17.0 Å². The number of aryl methyl sites for hydroxylation is 1. The molecule has 0 fully saturated rings. The van der Waals surface area contributed by atoms with E-state index in [-0.39, 0.29) is 22.0 Å². The molecular formula is C14H11ClF2N2O5S. The van der Waals surface area contributed by atoms with Crippen molar-refractivity contribution in [1.29, 1.82) is 0 Å². The van der Waals surface area contributed by atoms with Crippen LogP contribution < -0.4 is 9.46 Å². The predicted molar refractivity (Wildman–Crippen MR) is 86.7 cm³/mol. The maximum absolute atomic E-state index is 12.5. The van der Waals surface area contributed by atoms with Gasteiger partial charge in [0.05, 0.1) is 15.6 Å². The van der Waals surface area contributed by atoms with Crippen molar-refractivity contribution in [3.63, 3.8) is 0 Å². The smallest absolute Gasteiger partial charge is 0.387 e. The van der Waals surface area contributed by atoms with Crippen molar-refractivity contribution in [3.05, 3.63) is 57.1 Å². The molecule has 2 rings (SSSR count). The Bertz CT molecular complexity index is 921. The van der Waals surface area contributed by atoms with Crippen molar-refractivity contribution in [2.75, 3.05) is 4.72 Å². The van der Waals surface area contributed by atoms with Gasteiger partial charge in [-0.05, 0) is 30.7 Å². The van der Waals surface area contributed by atoms with E-state index in [1.165, 1.54) is 19.1 Å². The number of halogens is 3. The van der Waals surface area contributed by atoms with Crippen molar-refractivity contribution in [2.24, 2.45) is 0 Å². The lowest BCUT2D eigenvalue weighted by Gasteiger charge is -2.12. The maximum Gasteiger partial charge on any atom is 0.387 e. The molecule has 0 aliphatic rings. The fraction of sp³-hybridized carbons (Fsp3) is 0.143. The quantitative estimate of drug-likeness (QED) is 0.592. The van der Waals surface area contributed by atoms with Gasteiger partial charge in [-0.15, -0.1) is 0 Å². The lowest BCUT2D eigenvalue weighted by atomic mass is 10.2. The van der Waals surface area contributed by atoms with E-state index in [1.54, 1.807) is 0 Å². The molecule has 0 aliphatic carbocycles. The molecule has 1 N–H and O–H groups in total. The van der Waals surface area contributed by atoms with Crippen molar-refractivity contribution >= 4 is 33.0 Å². The van der Waals surface area contributed by atoms with Gasteiger partial charge >= 0.3 is 6.61 Å². The van der Waals surface area contributed by atoms with Crippen LogP contribution in [-0.2, 0) is 10.0 Å². The van der Waals surface area contributed by atoms with Crippen LogP contribution in [0.4, 0.5) is 20.2 Å². The Balaban J connectivity index is 2.41. The molecule has 25 heavy (non-hydrogen) atoms. The highest BCUT2D eigenvalue weighted by atomic mass is 35.5. The minimum atomic E-state index is -4.31. The molecule has 134 valence electrons. The van der Waals surface area contributed by atoms with E-state index in [2.05, 4.69) is 9.46 Å². The molecular weight excluding hydrogens is 382 g/mol. The molecule has 0 aliphatic heterocycles. The van der Waals surface area contributed by atoms with Gasteiger partial charge in [0.15, 0.2) is 4.90 Å². The summed E-state index contributed by atoms with van der Waals surface area (Å²) >= 11 is 5.76. The van der Waals surface area contributed by atoms with Gasteiger partial charge in [-0.3, -0.25) is 14.8 Å². The number of nitro benzene ring substituents is 1. The lowest BCUT2D eigenvalue weighted by molar-refractivity contribution is -0.387. The summed E-state index contributed by atoms with van der Waals surface area (Å²) in [6, 6.07) is 7.09. The van der Waals surface area contributed by atoms with E-state index in [1.807, 2.05) is 0 Å². The van der Waals surface area contributed by atoms with Crippen LogP contribution in [0.2, 0.25) is 5.02 Å². The average molecular weight is 393 g/mol. The molecule has 2 aromatic rings. The predicted octanol–water partition coefficient (Wildman–Crippen LogP) is 3.96. The molecule has 2 aromatic carbocycles. The zero-order valence-corrected chi connectivity index (χ0v) is 14.1. The standard InChI is InChI=1S/C14H11ClF2N2O5S/c1-8-3-2-4-11(19(20)21)13(8)25(22,23)18-9-5-6-12(10(15)7-9)24-14(16)17/h2-7,14,18H,1H3. The van der Waals surface area contributed by atoms with Crippen LogP contribution >= 0.6 is 11.6 Å². The number of nitro groups is 1. The van der Waals surface area contributed by atoms with E-state index in [0.717, 1.165) is 24.3 Å². The van der Waals surface area contributed by atoms with Gasteiger partial charge in [0, 0.05) is 6.07 Å². The number of rotatable bonds is 6. The summed E-state index contributed by atoms with van der Waals surface area (Å²) < 4.78 is 55.7. The van der Waals surface area contributed by atoms with Crippen LogP contribution in [0.15, 0.2) is 41.3 Å². The fourth-order valence-electron chi connectivity index (χ4n) is 2.09. The molecule has 0 amide bonds. The molecule has 0 atom stereocenters. The number of nitrogens with zero attached hydrogens (tertiary/aromatic N) is 1. The van der Waals surface area contributed by atoms with Gasteiger partial charge in [0.25, 0.3) is 15.7 Å². The van der Waals surface area contributed by atoms with Gasteiger partial charge < -0.3 is 4.74 Å². The summed E-state index contributed by atoms with van der Waals surface area (Å²) in [6.45, 7) is -1.68. The first-order valence-corrected chi connectivity index (χ1v) is 8.49. The number of sulfonamides is 1. The molecule has 0 saturated carbocycles. The SMILES string of the molecule is Cc1cccc([N+](=O)[O-])c1S(=O)(=O)Nc1ccc(OC(F)F)c(Cl)c1. The summed E-state index contributed by atoms with van der Waals surface area (Å²) in [7, 11) is -4.31. The van der Waals surface area contributed by atoms with E-state index in [9.17, 15) is 27.3 Å². The molecule has 0 heterocycles. The van der Waals surface area contributed by atoms with E-state index < -0.39 is 32.1 Å². The van der Waals surface area contributed by atoms with Crippen LogP contribution in [0.25, 0.3) is 0 Å². The number of alkyl halides is 2. The number of ether oxygens (including phenoxy) is 1. The van der Waals surface area contributed by atoms with Crippen molar-refractivity contribution in [1.82, 2.24) is 0 Å². The summed E-state index contributed by atoms with van der Waals surface area (Å²) in [4.78, 5) is 9.77. The summed E-state index contributed by atoms with van der Waals surface area (Å²) in [5.41, 5.74) is -0.481. The Labute approximate surface area is 146 Å². The zero-order chi connectivity index (χ0) is 18.8. The molecule has 0 unspecified atom stereocenters. The second-order valence-electron chi connectivity index (χ2n) is 4.81. The average Bonchev–Trinajstić information content (AvgIpc) is 2.48. The second kappa shape index (κ2) is 7.19. The summed E-state index contributed by atoms with van der Waals surface area (Å²) in [5.74, 6) is -0.332. The Morgan fingerprint density at radius 3 is 2.52 bits per heavy atom. The van der Waals surface area contributed by atoms with Crippen LogP contribution in [0.3, 0.4) is 0 Å². The van der Waals surface area contributed by atoms with Crippen molar-refractivity contribution in [2.45, 2.75) is 18.4 Å². The first kappa shape index (κ1) is 18.9. The highest BCUT2D eigenvalue weighted by Crippen LogP contribution is 2.32. The number of benzene rings is 2. The summed E-state index contributed by atoms with van der Waals surface area (Å²) in [5, 5.41) is 10.8. The Morgan fingerprint density at radius 1 is 1.28 bits per heavy atom. The minimum Gasteiger partial charge on any atom is -0.433 e. The third kappa shape index (κ3) is 4.34. The molecule has 0 saturated heterocycles. The van der Waals surface area contributed by atoms with E-state index in [0.29, 0.717) is 0 Å². The van der Waals surface area contributed by atoms with Gasteiger partial charge in [-0.25, -0.2) is 8.42 Å². The fourth-order valence-corrected chi connectivity index (χ4v) is 3.77. The molecule has 0 radical (unpaired) electrons.